The van der Waals surface area contributed by atoms with Crippen molar-refractivity contribution in [2.75, 3.05) is 0 Å². The smallest absolute Gasteiger partial charge is 0.290 e. The molecule has 0 unspecified atom stereocenters. The molecule has 0 aliphatic heterocycles. The van der Waals surface area contributed by atoms with Gasteiger partial charge < -0.3 is 14.4 Å². The van der Waals surface area contributed by atoms with E-state index in [9.17, 15) is 4.79 Å². The molecule has 0 spiro atoms. The fourth-order valence-corrected chi connectivity index (χ4v) is 2.98. The van der Waals surface area contributed by atoms with Gasteiger partial charge in [-0.2, -0.15) is 4.98 Å². The molecule has 2 aromatic heterocycles. The van der Waals surface area contributed by atoms with Crippen molar-refractivity contribution in [1.82, 2.24) is 20.6 Å². The average Bonchev–Trinajstić information content (AvgIpc) is 3.35. The lowest BCUT2D eigenvalue weighted by molar-refractivity contribution is 0.0899. The van der Waals surface area contributed by atoms with Gasteiger partial charge in [0, 0.05) is 18.1 Å². The largest absolute Gasteiger partial charge is 0.351 e. The Bertz CT molecular complexity index is 870. The van der Waals surface area contributed by atoms with E-state index in [0.717, 1.165) is 24.0 Å². The van der Waals surface area contributed by atoms with Crippen molar-refractivity contribution < 1.29 is 13.8 Å². The molecule has 3 aromatic rings. The number of aryl methyl sites for hydroxylation is 2. The van der Waals surface area contributed by atoms with E-state index >= 15 is 0 Å². The number of rotatable bonds is 4. The van der Waals surface area contributed by atoms with Gasteiger partial charge in [0.2, 0.25) is 17.5 Å². The molecule has 1 atom stereocenters. The van der Waals surface area contributed by atoms with Crippen LogP contribution in [0.25, 0.3) is 11.4 Å². The third-order valence-electron chi connectivity index (χ3n) is 4.22. The van der Waals surface area contributed by atoms with Gasteiger partial charge >= 0.3 is 0 Å². The van der Waals surface area contributed by atoms with E-state index in [0.29, 0.717) is 18.1 Å². The van der Waals surface area contributed by atoms with Crippen molar-refractivity contribution in [3.8, 4) is 11.4 Å². The highest BCUT2D eigenvalue weighted by atomic mass is 16.5. The normalized spacial score (nSPS) is 16.1. The summed E-state index contributed by atoms with van der Waals surface area (Å²) < 4.78 is 10.1. The molecule has 1 aliphatic rings. The number of hydrogen-bond donors (Lipinski definition) is 1. The molecule has 1 aromatic carbocycles. The van der Waals surface area contributed by atoms with E-state index in [1.54, 1.807) is 6.07 Å². The van der Waals surface area contributed by atoms with Crippen LogP contribution in [-0.4, -0.2) is 21.2 Å². The highest BCUT2D eigenvalue weighted by Gasteiger charge is 2.26. The van der Waals surface area contributed by atoms with Crippen LogP contribution >= 0.6 is 0 Å². The molecule has 122 valence electrons. The van der Waals surface area contributed by atoms with Crippen LogP contribution in [0.1, 0.15) is 47.0 Å². The minimum atomic E-state index is -0.250. The first-order valence-corrected chi connectivity index (χ1v) is 7.92. The number of fused-ring (bicyclic) bond motifs is 1. The molecule has 4 rings (SSSR count). The van der Waals surface area contributed by atoms with Crippen LogP contribution in [0.5, 0.6) is 0 Å². The van der Waals surface area contributed by atoms with Crippen LogP contribution in [0.2, 0.25) is 0 Å². The van der Waals surface area contributed by atoms with Gasteiger partial charge in [0.1, 0.15) is 0 Å². The van der Waals surface area contributed by atoms with Crippen LogP contribution in [0, 0.1) is 0 Å². The second-order valence-electron chi connectivity index (χ2n) is 5.72. The fraction of sp³-hybridized carbons (Fsp3) is 0.294. The molecule has 1 aliphatic carbocycles. The van der Waals surface area contributed by atoms with Crippen LogP contribution < -0.4 is 5.32 Å². The topological polar surface area (TPSA) is 94.1 Å². The lowest BCUT2D eigenvalue weighted by Gasteiger charge is -2.13. The summed E-state index contributed by atoms with van der Waals surface area (Å²) in [6.45, 7) is 1.97. The van der Waals surface area contributed by atoms with Crippen molar-refractivity contribution in [3.63, 3.8) is 0 Å². The maximum absolute atomic E-state index is 12.1. The second kappa shape index (κ2) is 5.92. The standard InChI is InChI=1S/C17H16N4O3/c1-2-15-20-16(21-24-15)11-3-5-12-10(9-11)4-6-13(12)19-17(22)14-7-8-18-23-14/h3,5,7-9,13H,2,4,6H2,1H3,(H,19,22)/t13-/m1/s1. The van der Waals surface area contributed by atoms with E-state index in [-0.39, 0.29) is 17.7 Å². The van der Waals surface area contributed by atoms with E-state index in [1.807, 2.05) is 19.1 Å². The molecule has 1 N–H and O–H groups in total. The predicted molar refractivity (Wildman–Crippen MR) is 84.1 cm³/mol. The maximum Gasteiger partial charge on any atom is 0.290 e. The zero-order chi connectivity index (χ0) is 16.5. The van der Waals surface area contributed by atoms with Crippen molar-refractivity contribution in [2.45, 2.75) is 32.2 Å². The zero-order valence-electron chi connectivity index (χ0n) is 13.2. The predicted octanol–water partition coefficient (Wildman–Crippen LogP) is 2.70. The summed E-state index contributed by atoms with van der Waals surface area (Å²) in [6, 6.07) is 7.58. The lowest BCUT2D eigenvalue weighted by Crippen LogP contribution is -2.26. The van der Waals surface area contributed by atoms with Gasteiger partial charge in [-0.3, -0.25) is 4.79 Å². The third-order valence-corrected chi connectivity index (χ3v) is 4.22. The molecule has 24 heavy (non-hydrogen) atoms. The van der Waals surface area contributed by atoms with Crippen molar-refractivity contribution in [3.05, 3.63) is 53.2 Å². The second-order valence-corrected chi connectivity index (χ2v) is 5.72. The SMILES string of the molecule is CCc1nc(-c2ccc3c(c2)CC[C@H]3NC(=O)c2ccno2)no1. The van der Waals surface area contributed by atoms with Gasteiger partial charge in [-0.25, -0.2) is 0 Å². The first-order valence-electron chi connectivity index (χ1n) is 7.92. The average molecular weight is 324 g/mol. The van der Waals surface area contributed by atoms with E-state index in [4.69, 9.17) is 9.05 Å². The minimum absolute atomic E-state index is 0.0249. The van der Waals surface area contributed by atoms with Crippen LogP contribution in [0.4, 0.5) is 0 Å². The Morgan fingerprint density at radius 2 is 2.25 bits per heavy atom. The summed E-state index contributed by atoms with van der Waals surface area (Å²) in [5, 5.41) is 10.6. The number of amides is 1. The highest BCUT2D eigenvalue weighted by Crippen LogP contribution is 2.33. The summed E-state index contributed by atoms with van der Waals surface area (Å²) in [5.74, 6) is 1.20. The number of aromatic nitrogens is 3. The Labute approximate surface area is 138 Å². The molecule has 0 radical (unpaired) electrons. The van der Waals surface area contributed by atoms with Gasteiger partial charge in [-0.15, -0.1) is 0 Å². The molecule has 7 nitrogen and oxygen atoms in total. The Morgan fingerprint density at radius 1 is 1.33 bits per heavy atom. The fourth-order valence-electron chi connectivity index (χ4n) is 2.98. The molecule has 0 bridgehead atoms. The molecule has 1 amide bonds. The first-order chi connectivity index (χ1) is 11.7. The quantitative estimate of drug-likeness (QED) is 0.793. The van der Waals surface area contributed by atoms with Gasteiger partial charge in [-0.05, 0) is 30.0 Å². The van der Waals surface area contributed by atoms with E-state index < -0.39 is 0 Å². The molecule has 0 fully saturated rings. The Hall–Kier alpha value is -2.96. The summed E-state index contributed by atoms with van der Waals surface area (Å²) in [7, 11) is 0. The number of carbonyl (C=O) groups excluding carboxylic acids is 1. The summed E-state index contributed by atoms with van der Waals surface area (Å²) >= 11 is 0. The van der Waals surface area contributed by atoms with Gasteiger partial charge in [-0.1, -0.05) is 29.4 Å². The number of carbonyl (C=O) groups is 1. The number of benzene rings is 1. The minimum Gasteiger partial charge on any atom is -0.351 e. The third kappa shape index (κ3) is 2.58. The number of nitrogens with zero attached hydrogens (tertiary/aromatic N) is 3. The van der Waals surface area contributed by atoms with E-state index in [1.165, 1.54) is 11.8 Å². The molecule has 0 saturated heterocycles. The Kier molecular flexibility index (Phi) is 3.60. The van der Waals surface area contributed by atoms with E-state index in [2.05, 4.69) is 26.7 Å². The van der Waals surface area contributed by atoms with Gasteiger partial charge in [0.25, 0.3) is 5.91 Å². The lowest BCUT2D eigenvalue weighted by atomic mass is 10.0. The molecule has 0 saturated carbocycles. The Morgan fingerprint density at radius 3 is 3.00 bits per heavy atom. The molecular formula is C17H16N4O3. The molecule has 2 heterocycles. The van der Waals surface area contributed by atoms with Crippen LogP contribution in [0.15, 0.2) is 39.5 Å². The zero-order valence-corrected chi connectivity index (χ0v) is 13.2. The first kappa shape index (κ1) is 14.6. The number of nitrogens with one attached hydrogen (secondary N) is 1. The Balaban J connectivity index is 1.55. The number of hydrogen-bond acceptors (Lipinski definition) is 6. The van der Waals surface area contributed by atoms with Crippen molar-refractivity contribution in [1.29, 1.82) is 0 Å². The van der Waals surface area contributed by atoms with Crippen molar-refractivity contribution >= 4 is 5.91 Å². The highest BCUT2D eigenvalue weighted by molar-refractivity contribution is 5.91. The monoisotopic (exact) mass is 324 g/mol. The molecular weight excluding hydrogens is 308 g/mol. The van der Waals surface area contributed by atoms with Crippen LogP contribution in [-0.2, 0) is 12.8 Å². The van der Waals surface area contributed by atoms with Crippen molar-refractivity contribution in [2.24, 2.45) is 0 Å². The summed E-state index contributed by atoms with van der Waals surface area (Å²) in [4.78, 5) is 16.5. The van der Waals surface area contributed by atoms with Crippen LogP contribution in [0.3, 0.4) is 0 Å². The van der Waals surface area contributed by atoms with Gasteiger partial charge in [0.15, 0.2) is 0 Å². The summed E-state index contributed by atoms with van der Waals surface area (Å²) in [5.41, 5.74) is 3.24. The molecule has 7 heteroatoms. The maximum atomic E-state index is 12.1. The summed E-state index contributed by atoms with van der Waals surface area (Å²) in [6.07, 6.45) is 3.92. The van der Waals surface area contributed by atoms with Gasteiger partial charge in [0.05, 0.1) is 12.2 Å².